The van der Waals surface area contributed by atoms with Gasteiger partial charge >= 0.3 is 0 Å². The highest BCUT2D eigenvalue weighted by Crippen LogP contribution is 2.19. The van der Waals surface area contributed by atoms with Crippen LogP contribution in [0.3, 0.4) is 0 Å². The van der Waals surface area contributed by atoms with Crippen molar-refractivity contribution in [1.29, 1.82) is 5.26 Å². The molecule has 0 aliphatic carbocycles. The molecule has 0 spiro atoms. The van der Waals surface area contributed by atoms with Gasteiger partial charge < -0.3 is 10.2 Å². The van der Waals surface area contributed by atoms with Crippen LogP contribution < -0.4 is 10.2 Å². The average Bonchev–Trinajstić information content (AvgIpc) is 2.49. The molecule has 1 aliphatic rings. The maximum absolute atomic E-state index is 11.3. The molecule has 5 heteroatoms. The summed E-state index contributed by atoms with van der Waals surface area (Å²) < 4.78 is 0. The standard InChI is InChI=1S/C16H22N4O/c1-2-9-19-10-12-20(13-11-19)15-5-3-14(4-6-15)18-16(21)7-8-17/h3-6H,2,7,9-13H2,1H3,(H,18,21). The summed E-state index contributed by atoms with van der Waals surface area (Å²) in [7, 11) is 0. The van der Waals surface area contributed by atoms with Crippen LogP contribution in [0.2, 0.25) is 0 Å². The van der Waals surface area contributed by atoms with Crippen molar-refractivity contribution < 1.29 is 4.79 Å². The largest absolute Gasteiger partial charge is 0.369 e. The van der Waals surface area contributed by atoms with Gasteiger partial charge in [-0.15, -0.1) is 0 Å². The van der Waals surface area contributed by atoms with Gasteiger partial charge in [0.1, 0.15) is 6.42 Å². The van der Waals surface area contributed by atoms with Gasteiger partial charge in [0.2, 0.25) is 5.91 Å². The summed E-state index contributed by atoms with van der Waals surface area (Å²) in [6.07, 6.45) is 1.10. The topological polar surface area (TPSA) is 59.4 Å². The number of hydrogen-bond donors (Lipinski definition) is 1. The highest BCUT2D eigenvalue weighted by atomic mass is 16.1. The highest BCUT2D eigenvalue weighted by molar-refractivity contribution is 5.92. The third-order valence-corrected chi connectivity index (χ3v) is 3.67. The van der Waals surface area contributed by atoms with Crippen LogP contribution in [-0.2, 0) is 4.79 Å². The van der Waals surface area contributed by atoms with Crippen molar-refractivity contribution in [3.05, 3.63) is 24.3 Å². The van der Waals surface area contributed by atoms with Gasteiger partial charge in [-0.05, 0) is 37.2 Å². The number of carbonyl (C=O) groups excluding carboxylic acids is 1. The Balaban J connectivity index is 1.88. The van der Waals surface area contributed by atoms with E-state index >= 15 is 0 Å². The van der Waals surface area contributed by atoms with Crippen molar-refractivity contribution in [3.8, 4) is 6.07 Å². The number of nitrogens with zero attached hydrogens (tertiary/aromatic N) is 3. The number of piperazine rings is 1. The van der Waals surface area contributed by atoms with Crippen molar-refractivity contribution in [2.24, 2.45) is 0 Å². The minimum absolute atomic E-state index is 0.110. The van der Waals surface area contributed by atoms with E-state index in [0.29, 0.717) is 0 Å². The molecule has 112 valence electrons. The molecule has 1 N–H and O–H groups in total. The first-order valence-electron chi connectivity index (χ1n) is 7.47. The maximum atomic E-state index is 11.3. The smallest absolute Gasteiger partial charge is 0.238 e. The number of nitrogens with one attached hydrogen (secondary N) is 1. The first-order chi connectivity index (χ1) is 10.2. The van der Waals surface area contributed by atoms with E-state index in [1.807, 2.05) is 30.3 Å². The molecule has 1 heterocycles. The monoisotopic (exact) mass is 286 g/mol. The van der Waals surface area contributed by atoms with E-state index in [9.17, 15) is 4.79 Å². The SMILES string of the molecule is CCCN1CCN(c2ccc(NC(=O)CC#N)cc2)CC1. The second kappa shape index (κ2) is 7.65. The molecule has 0 atom stereocenters. The van der Waals surface area contributed by atoms with Crippen LogP contribution in [0.5, 0.6) is 0 Å². The van der Waals surface area contributed by atoms with E-state index in [1.54, 1.807) is 0 Å². The van der Waals surface area contributed by atoms with E-state index in [2.05, 4.69) is 22.0 Å². The summed E-state index contributed by atoms with van der Waals surface area (Å²) in [4.78, 5) is 16.2. The number of benzene rings is 1. The second-order valence-electron chi connectivity index (χ2n) is 5.26. The van der Waals surface area contributed by atoms with E-state index in [-0.39, 0.29) is 12.3 Å². The molecule has 2 rings (SSSR count). The molecule has 5 nitrogen and oxygen atoms in total. The first kappa shape index (κ1) is 15.3. The summed E-state index contributed by atoms with van der Waals surface area (Å²) in [6.45, 7) is 7.69. The van der Waals surface area contributed by atoms with Crippen LogP contribution in [0, 0.1) is 11.3 Å². The summed E-state index contributed by atoms with van der Waals surface area (Å²) in [5.41, 5.74) is 1.92. The van der Waals surface area contributed by atoms with E-state index in [0.717, 1.165) is 31.9 Å². The maximum Gasteiger partial charge on any atom is 0.238 e. The molecule has 1 fully saturated rings. The minimum Gasteiger partial charge on any atom is -0.369 e. The second-order valence-corrected chi connectivity index (χ2v) is 5.26. The van der Waals surface area contributed by atoms with Crippen molar-refractivity contribution in [2.45, 2.75) is 19.8 Å². The van der Waals surface area contributed by atoms with E-state index in [1.165, 1.54) is 18.7 Å². The summed E-state index contributed by atoms with van der Waals surface area (Å²) in [5.74, 6) is -0.265. The van der Waals surface area contributed by atoms with Crippen LogP contribution in [-0.4, -0.2) is 43.5 Å². The number of hydrogen-bond acceptors (Lipinski definition) is 4. The van der Waals surface area contributed by atoms with Gasteiger partial charge in [0.15, 0.2) is 0 Å². The Morgan fingerprint density at radius 2 is 1.90 bits per heavy atom. The fraction of sp³-hybridized carbons (Fsp3) is 0.500. The van der Waals surface area contributed by atoms with Crippen molar-refractivity contribution in [1.82, 2.24) is 4.90 Å². The molecular weight excluding hydrogens is 264 g/mol. The minimum atomic E-state index is -0.265. The number of nitriles is 1. The highest BCUT2D eigenvalue weighted by Gasteiger charge is 2.16. The molecular formula is C16H22N4O. The summed E-state index contributed by atoms with van der Waals surface area (Å²) in [5, 5.41) is 11.2. The van der Waals surface area contributed by atoms with Gasteiger partial charge in [0.05, 0.1) is 6.07 Å². The van der Waals surface area contributed by atoms with Gasteiger partial charge in [-0.3, -0.25) is 9.69 Å². The van der Waals surface area contributed by atoms with Crippen LogP contribution in [0.25, 0.3) is 0 Å². The zero-order valence-electron chi connectivity index (χ0n) is 12.5. The van der Waals surface area contributed by atoms with Gasteiger partial charge in [0.25, 0.3) is 0 Å². The van der Waals surface area contributed by atoms with Crippen molar-refractivity contribution >= 4 is 17.3 Å². The number of rotatable bonds is 5. The van der Waals surface area contributed by atoms with E-state index < -0.39 is 0 Å². The number of carbonyl (C=O) groups is 1. The van der Waals surface area contributed by atoms with Crippen LogP contribution in [0.15, 0.2) is 24.3 Å². The fourth-order valence-corrected chi connectivity index (χ4v) is 2.58. The van der Waals surface area contributed by atoms with Gasteiger partial charge in [0, 0.05) is 37.6 Å². The third-order valence-electron chi connectivity index (χ3n) is 3.67. The summed E-state index contributed by atoms with van der Waals surface area (Å²) in [6, 6.07) is 9.67. The molecule has 1 saturated heterocycles. The molecule has 0 saturated carbocycles. The Bertz CT molecular complexity index is 498. The van der Waals surface area contributed by atoms with Crippen molar-refractivity contribution in [2.75, 3.05) is 42.9 Å². The van der Waals surface area contributed by atoms with Gasteiger partial charge in [-0.25, -0.2) is 0 Å². The molecule has 0 unspecified atom stereocenters. The van der Waals surface area contributed by atoms with Crippen LogP contribution in [0.4, 0.5) is 11.4 Å². The molecule has 0 radical (unpaired) electrons. The normalized spacial score (nSPS) is 15.5. The van der Waals surface area contributed by atoms with Crippen LogP contribution >= 0.6 is 0 Å². The molecule has 1 aliphatic heterocycles. The van der Waals surface area contributed by atoms with E-state index in [4.69, 9.17) is 5.26 Å². The predicted molar refractivity (Wildman–Crippen MR) is 84.2 cm³/mol. The quantitative estimate of drug-likeness (QED) is 0.900. The third kappa shape index (κ3) is 4.47. The fourth-order valence-electron chi connectivity index (χ4n) is 2.58. The molecule has 1 amide bonds. The molecule has 21 heavy (non-hydrogen) atoms. The Morgan fingerprint density at radius 3 is 2.48 bits per heavy atom. The Morgan fingerprint density at radius 1 is 1.24 bits per heavy atom. The molecule has 1 aromatic carbocycles. The van der Waals surface area contributed by atoms with Gasteiger partial charge in [-0.2, -0.15) is 5.26 Å². The summed E-state index contributed by atoms with van der Waals surface area (Å²) >= 11 is 0. The zero-order valence-corrected chi connectivity index (χ0v) is 12.5. The lowest BCUT2D eigenvalue weighted by atomic mass is 10.2. The Kier molecular flexibility index (Phi) is 5.59. The number of anilines is 2. The Labute approximate surface area is 126 Å². The molecule has 0 aromatic heterocycles. The molecule has 0 bridgehead atoms. The lowest BCUT2D eigenvalue weighted by molar-refractivity contribution is -0.115. The van der Waals surface area contributed by atoms with Crippen LogP contribution in [0.1, 0.15) is 19.8 Å². The van der Waals surface area contributed by atoms with Crippen molar-refractivity contribution in [3.63, 3.8) is 0 Å². The average molecular weight is 286 g/mol. The lowest BCUT2D eigenvalue weighted by Crippen LogP contribution is -2.46. The molecule has 1 aromatic rings. The zero-order chi connectivity index (χ0) is 15.1. The Hall–Kier alpha value is -2.06. The number of amides is 1. The predicted octanol–water partition coefficient (Wildman–Crippen LogP) is 2.07. The first-order valence-corrected chi connectivity index (χ1v) is 7.47. The lowest BCUT2D eigenvalue weighted by Gasteiger charge is -2.36. The van der Waals surface area contributed by atoms with Gasteiger partial charge in [-0.1, -0.05) is 6.92 Å².